The lowest BCUT2D eigenvalue weighted by Gasteiger charge is -2.30. The number of amides is 2. The van der Waals surface area contributed by atoms with Crippen molar-refractivity contribution in [3.63, 3.8) is 0 Å². The number of fused-ring (bicyclic) bond motifs is 1. The molecule has 1 saturated heterocycles. The molecule has 0 saturated carbocycles. The summed E-state index contributed by atoms with van der Waals surface area (Å²) in [6.07, 6.45) is 7.62. The summed E-state index contributed by atoms with van der Waals surface area (Å²) in [7, 11) is -16.3. The molecule has 2 amide bonds. The average Bonchev–Trinajstić information content (AvgIpc) is 3.77. The maximum absolute atomic E-state index is 12.6. The van der Waals surface area contributed by atoms with Crippen LogP contribution < -0.4 is 16.4 Å². The van der Waals surface area contributed by atoms with Gasteiger partial charge in [-0.1, -0.05) is 85.0 Å². The van der Waals surface area contributed by atoms with Crippen LogP contribution in [0.2, 0.25) is 0 Å². The van der Waals surface area contributed by atoms with Gasteiger partial charge in [-0.05, 0) is 6.42 Å². The Balaban J connectivity index is 0.000000745. The minimum atomic E-state index is -5.54. The lowest BCUT2D eigenvalue weighted by Crippen LogP contribution is -2.46. The number of thiol groups is 1. The van der Waals surface area contributed by atoms with Crippen LogP contribution in [0, 0.1) is 5.41 Å². The van der Waals surface area contributed by atoms with Crippen LogP contribution in [0.1, 0.15) is 110 Å². The Bertz CT molecular complexity index is 1910. The van der Waals surface area contributed by atoms with Crippen LogP contribution in [0.3, 0.4) is 0 Å². The number of rotatable bonds is 30. The summed E-state index contributed by atoms with van der Waals surface area (Å²) in [5.41, 5.74) is 4.30. The van der Waals surface area contributed by atoms with E-state index >= 15 is 0 Å². The van der Waals surface area contributed by atoms with Crippen LogP contribution in [0.25, 0.3) is 11.2 Å². The smallest absolute Gasteiger partial charge is 0.481 e. The molecule has 29 heteroatoms. The van der Waals surface area contributed by atoms with Crippen molar-refractivity contribution in [3.8, 4) is 0 Å². The molecule has 2 aromatic heterocycles. The average molecular weight is 996 g/mol. The van der Waals surface area contributed by atoms with E-state index in [1.54, 1.807) is 0 Å². The number of hydrogen-bond acceptors (Lipinski definition) is 18. The summed E-state index contributed by atoms with van der Waals surface area (Å²) in [6.45, 7) is 2.97. The zero-order chi connectivity index (χ0) is 48.1. The first kappa shape index (κ1) is 57.5. The highest BCUT2D eigenvalue weighted by atomic mass is 32.1. The number of unbranched alkanes of at least 4 members (excludes halogenated alkanes) is 10. The van der Waals surface area contributed by atoms with Crippen LogP contribution in [0.5, 0.6) is 0 Å². The number of phosphoric acid groups is 3. The fourth-order valence-corrected chi connectivity index (χ4v) is 9.02. The lowest BCUT2D eigenvalue weighted by molar-refractivity contribution is -0.137. The van der Waals surface area contributed by atoms with E-state index in [2.05, 4.69) is 54.0 Å². The minimum Gasteiger partial charge on any atom is -0.481 e. The minimum absolute atomic E-state index is 0.0363. The van der Waals surface area contributed by atoms with Gasteiger partial charge in [-0.3, -0.25) is 32.5 Å². The highest BCUT2D eigenvalue weighted by molar-refractivity contribution is 7.80. The number of carboxylic acid groups (broad SMARTS) is 1. The van der Waals surface area contributed by atoms with Gasteiger partial charge in [0.05, 0.1) is 19.5 Å². The summed E-state index contributed by atoms with van der Waals surface area (Å²) < 4.78 is 61.7. The van der Waals surface area contributed by atoms with Gasteiger partial charge in [0.2, 0.25) is 11.8 Å². The Kier molecular flexibility index (Phi) is 25.0. The van der Waals surface area contributed by atoms with Crippen LogP contribution >= 0.6 is 36.1 Å². The molecule has 1 fully saturated rings. The van der Waals surface area contributed by atoms with E-state index in [1.165, 1.54) is 71.6 Å². The molecule has 0 bridgehead atoms. The van der Waals surface area contributed by atoms with Crippen molar-refractivity contribution in [3.05, 3.63) is 12.7 Å². The van der Waals surface area contributed by atoms with Gasteiger partial charge in [0.25, 0.3) is 0 Å². The van der Waals surface area contributed by atoms with E-state index in [4.69, 9.17) is 24.6 Å². The standard InChI is InChI=1S/C21H36N7O16P3S.C14H28O2/c1-21(2,16(31)19(32)24-4-3-12(29)23-5-6-48)8-41-47(38,39)44-46(36,37)40-7-11-15(43-45(33,34)35)14(30)20(42-11)28-10-27-13-17(22)25-9-26-18(13)28;1-2-3-4-5-6-7-8-9-10-11-12-13-14(15)16/h9-11,14-16,20,30-31,48H,3-8H2,1-2H3,(H,23,29)(H,24,32)(H,36,37)(H,38,39)(H2,22,25,26)(H2,33,34,35);2-13H2,1H3,(H,15,16)/t11-,14-,15-,16+,20-;/m1./s1. The van der Waals surface area contributed by atoms with Gasteiger partial charge in [-0.25, -0.2) is 28.6 Å². The number of aromatic nitrogens is 4. The molecule has 3 rings (SSSR count). The number of aliphatic hydroxyl groups excluding tert-OH is 2. The van der Waals surface area contributed by atoms with Gasteiger partial charge < -0.3 is 56.0 Å². The SMILES string of the molecule is CC(C)(COP(=O)(O)OP(=O)(O)OC[C@H]1O[C@@H](n2cnc3c(N)ncnc32)[C@H](O)[C@@H]1OP(=O)(O)O)[C@@H](O)C(=O)NCCC(=O)NCCS.CCCCCCCCCCCCCC(=O)O. The highest BCUT2D eigenvalue weighted by Crippen LogP contribution is 2.61. The zero-order valence-electron chi connectivity index (χ0n) is 36.0. The van der Waals surface area contributed by atoms with Crippen LogP contribution in [0.15, 0.2) is 12.7 Å². The Morgan fingerprint density at radius 2 is 1.50 bits per heavy atom. The second kappa shape index (κ2) is 27.9. The van der Waals surface area contributed by atoms with Crippen molar-refractivity contribution < 1.29 is 85.6 Å². The molecule has 1 aliphatic heterocycles. The highest BCUT2D eigenvalue weighted by Gasteiger charge is 2.50. The molecule has 7 atom stereocenters. The quantitative estimate of drug-likeness (QED) is 0.0304. The Morgan fingerprint density at radius 1 is 0.906 bits per heavy atom. The first-order valence-electron chi connectivity index (χ1n) is 20.6. The number of phosphoric ester groups is 3. The van der Waals surface area contributed by atoms with Crippen LogP contribution in [-0.4, -0.2) is 129 Å². The van der Waals surface area contributed by atoms with Gasteiger partial charge in [-0.15, -0.1) is 0 Å². The monoisotopic (exact) mass is 995 g/mol. The normalized spacial score (nSPS) is 20.2. The van der Waals surface area contributed by atoms with Crippen LogP contribution in [-0.2, 0) is 50.7 Å². The molecule has 64 heavy (non-hydrogen) atoms. The summed E-state index contributed by atoms with van der Waals surface area (Å²) in [5.74, 6) is -1.60. The number of imidazole rings is 1. The third-order valence-electron chi connectivity index (χ3n) is 9.51. The lowest BCUT2D eigenvalue weighted by atomic mass is 9.87. The maximum atomic E-state index is 12.6. The molecule has 11 N–H and O–H groups in total. The number of aliphatic carboxylic acids is 1. The first-order valence-corrected chi connectivity index (χ1v) is 25.8. The third kappa shape index (κ3) is 21.3. The second-order valence-corrected chi connectivity index (χ2v) is 20.2. The Morgan fingerprint density at radius 3 is 2.08 bits per heavy atom. The molecule has 368 valence electrons. The van der Waals surface area contributed by atoms with Gasteiger partial charge in [-0.2, -0.15) is 16.9 Å². The predicted octanol–water partition coefficient (Wildman–Crippen LogP) is 3.11. The van der Waals surface area contributed by atoms with Crippen molar-refractivity contribution in [1.82, 2.24) is 30.2 Å². The van der Waals surface area contributed by atoms with Gasteiger partial charge >= 0.3 is 29.4 Å². The fourth-order valence-electron chi connectivity index (χ4n) is 6.08. The van der Waals surface area contributed by atoms with E-state index in [1.807, 2.05) is 0 Å². The van der Waals surface area contributed by atoms with E-state index < -0.39 is 84.6 Å². The molecule has 25 nitrogen and oxygen atoms in total. The molecule has 0 aliphatic carbocycles. The molecule has 3 heterocycles. The topological polar surface area (TPSA) is 384 Å². The van der Waals surface area contributed by atoms with Crippen molar-refractivity contribution in [2.75, 3.05) is 37.8 Å². The van der Waals surface area contributed by atoms with Crippen LogP contribution in [0.4, 0.5) is 5.82 Å². The van der Waals surface area contributed by atoms with E-state index in [-0.39, 0.29) is 35.9 Å². The number of ether oxygens (including phenoxy) is 1. The zero-order valence-corrected chi connectivity index (χ0v) is 39.6. The summed E-state index contributed by atoms with van der Waals surface area (Å²) in [6, 6.07) is 0. The summed E-state index contributed by atoms with van der Waals surface area (Å²) >= 11 is 3.95. The molecule has 0 spiro atoms. The predicted molar refractivity (Wildman–Crippen MR) is 232 cm³/mol. The molecule has 0 aromatic carbocycles. The number of carbonyl (C=O) groups excluding carboxylic acids is 2. The number of nitrogens with one attached hydrogen (secondary N) is 2. The molecule has 2 unspecified atom stereocenters. The Hall–Kier alpha value is -2.64. The molecular weight excluding hydrogens is 931 g/mol. The van der Waals surface area contributed by atoms with Crippen molar-refractivity contribution in [1.29, 1.82) is 0 Å². The number of nitrogens with zero attached hydrogens (tertiary/aromatic N) is 4. The van der Waals surface area contributed by atoms with Gasteiger partial charge in [0.15, 0.2) is 17.7 Å². The largest absolute Gasteiger partial charge is 0.481 e. The number of carboxylic acids is 1. The van der Waals surface area contributed by atoms with Gasteiger partial charge in [0, 0.05) is 37.1 Å². The molecule has 2 aromatic rings. The molecule has 1 aliphatic rings. The van der Waals surface area contributed by atoms with E-state index in [0.29, 0.717) is 18.7 Å². The summed E-state index contributed by atoms with van der Waals surface area (Å²) in [4.78, 5) is 84.9. The molecular formula is C35H64N7O18P3S. The van der Waals surface area contributed by atoms with Gasteiger partial charge in [0.1, 0.15) is 36.3 Å². The Labute approximate surface area is 376 Å². The van der Waals surface area contributed by atoms with Crippen molar-refractivity contribution in [2.45, 2.75) is 135 Å². The van der Waals surface area contributed by atoms with Crippen molar-refractivity contribution >= 4 is 70.9 Å². The number of nitrogen functional groups attached to an aromatic ring is 1. The number of aliphatic hydroxyl groups is 2. The number of nitrogens with two attached hydrogens (primary N) is 1. The number of hydrogen-bond donors (Lipinski definition) is 11. The van der Waals surface area contributed by atoms with E-state index in [0.717, 1.165) is 30.1 Å². The summed E-state index contributed by atoms with van der Waals surface area (Å²) in [5, 5.41) is 34.5. The number of carbonyl (C=O) groups is 3. The maximum Gasteiger partial charge on any atom is 0.481 e. The fraction of sp³-hybridized carbons (Fsp3) is 0.771. The first-order chi connectivity index (χ1) is 29.9. The van der Waals surface area contributed by atoms with E-state index in [9.17, 15) is 57.9 Å². The number of anilines is 1. The second-order valence-electron chi connectivity index (χ2n) is 15.5. The van der Waals surface area contributed by atoms with Crippen molar-refractivity contribution in [2.24, 2.45) is 5.41 Å². The molecule has 0 radical (unpaired) electrons. The third-order valence-corrected chi connectivity index (χ3v) is 12.8.